The molecule has 1 aromatic rings. The second kappa shape index (κ2) is 6.06. The SMILES string of the molecule is C=CCN(CCO)S(=O)(=O)c1cnc(Cl)nc1. The summed E-state index contributed by atoms with van der Waals surface area (Å²) in [5.74, 6) is 0. The summed E-state index contributed by atoms with van der Waals surface area (Å²) in [5.41, 5.74) is 0. The van der Waals surface area contributed by atoms with Crippen molar-refractivity contribution in [1.29, 1.82) is 0 Å². The van der Waals surface area contributed by atoms with Gasteiger partial charge in [-0.05, 0) is 11.6 Å². The van der Waals surface area contributed by atoms with E-state index in [1.54, 1.807) is 0 Å². The molecule has 8 heteroatoms. The summed E-state index contributed by atoms with van der Waals surface area (Å²) in [4.78, 5) is 7.14. The molecule has 0 unspecified atom stereocenters. The molecule has 0 aromatic carbocycles. The van der Waals surface area contributed by atoms with Crippen LogP contribution in [0.25, 0.3) is 0 Å². The van der Waals surface area contributed by atoms with E-state index in [9.17, 15) is 8.42 Å². The zero-order valence-corrected chi connectivity index (χ0v) is 10.5. The van der Waals surface area contributed by atoms with Gasteiger partial charge in [0.1, 0.15) is 4.90 Å². The van der Waals surface area contributed by atoms with Crippen molar-refractivity contribution in [3.8, 4) is 0 Å². The normalized spacial score (nSPS) is 11.7. The molecule has 0 saturated heterocycles. The van der Waals surface area contributed by atoms with Crippen LogP contribution in [0.4, 0.5) is 0 Å². The van der Waals surface area contributed by atoms with Crippen LogP contribution in [0.2, 0.25) is 5.28 Å². The van der Waals surface area contributed by atoms with E-state index in [1.165, 1.54) is 6.08 Å². The first-order chi connectivity index (χ1) is 8.02. The Kier molecular flexibility index (Phi) is 5.01. The largest absolute Gasteiger partial charge is 0.395 e. The van der Waals surface area contributed by atoms with Gasteiger partial charge in [0.2, 0.25) is 15.3 Å². The summed E-state index contributed by atoms with van der Waals surface area (Å²) in [6.45, 7) is 3.27. The van der Waals surface area contributed by atoms with Crippen molar-refractivity contribution >= 4 is 21.6 Å². The van der Waals surface area contributed by atoms with E-state index in [-0.39, 0.29) is 29.9 Å². The number of sulfonamides is 1. The summed E-state index contributed by atoms with van der Waals surface area (Å²) in [7, 11) is -3.72. The standard InChI is InChI=1S/C9H12ClN3O3S/c1-2-3-13(4-5-14)17(15,16)8-6-11-9(10)12-7-8/h2,6-7,14H,1,3-5H2. The fourth-order valence-corrected chi connectivity index (χ4v) is 2.54. The van der Waals surface area contributed by atoms with Crippen LogP contribution in [0.15, 0.2) is 29.9 Å². The Balaban J connectivity index is 3.06. The van der Waals surface area contributed by atoms with E-state index in [1.807, 2.05) is 0 Å². The lowest BCUT2D eigenvalue weighted by Crippen LogP contribution is -2.33. The molecular formula is C9H12ClN3O3S. The predicted octanol–water partition coefficient (Wildman–Crippen LogP) is 0.299. The van der Waals surface area contributed by atoms with Gasteiger partial charge in [-0.3, -0.25) is 0 Å². The number of nitrogens with zero attached hydrogens (tertiary/aromatic N) is 3. The van der Waals surface area contributed by atoms with Crippen molar-refractivity contribution in [2.24, 2.45) is 0 Å². The van der Waals surface area contributed by atoms with E-state index in [4.69, 9.17) is 16.7 Å². The predicted molar refractivity (Wildman–Crippen MR) is 63.1 cm³/mol. The van der Waals surface area contributed by atoms with Crippen LogP contribution in [-0.2, 0) is 10.0 Å². The highest BCUT2D eigenvalue weighted by atomic mass is 35.5. The highest BCUT2D eigenvalue weighted by Gasteiger charge is 2.23. The molecule has 94 valence electrons. The van der Waals surface area contributed by atoms with Crippen LogP contribution >= 0.6 is 11.6 Å². The van der Waals surface area contributed by atoms with Crippen LogP contribution < -0.4 is 0 Å². The van der Waals surface area contributed by atoms with Gasteiger partial charge in [0.15, 0.2) is 0 Å². The summed E-state index contributed by atoms with van der Waals surface area (Å²) in [6.07, 6.45) is 3.68. The minimum atomic E-state index is -3.72. The van der Waals surface area contributed by atoms with Gasteiger partial charge in [-0.2, -0.15) is 4.31 Å². The Hall–Kier alpha value is -1.02. The Morgan fingerprint density at radius 3 is 2.53 bits per heavy atom. The number of rotatable bonds is 6. The van der Waals surface area contributed by atoms with Crippen LogP contribution in [0.5, 0.6) is 0 Å². The molecule has 1 aromatic heterocycles. The molecule has 0 radical (unpaired) electrons. The maximum Gasteiger partial charge on any atom is 0.246 e. The number of aliphatic hydroxyl groups excluding tert-OH is 1. The van der Waals surface area contributed by atoms with E-state index < -0.39 is 10.0 Å². The van der Waals surface area contributed by atoms with Crippen molar-refractivity contribution < 1.29 is 13.5 Å². The van der Waals surface area contributed by atoms with E-state index in [0.717, 1.165) is 16.7 Å². The zero-order chi connectivity index (χ0) is 12.9. The highest BCUT2D eigenvalue weighted by Crippen LogP contribution is 2.14. The number of hydrogen-bond donors (Lipinski definition) is 1. The monoisotopic (exact) mass is 277 g/mol. The lowest BCUT2D eigenvalue weighted by atomic mass is 10.6. The van der Waals surface area contributed by atoms with E-state index in [2.05, 4.69) is 16.5 Å². The number of hydrogen-bond acceptors (Lipinski definition) is 5. The van der Waals surface area contributed by atoms with Crippen LogP contribution in [0.1, 0.15) is 0 Å². The van der Waals surface area contributed by atoms with Gasteiger partial charge in [0.25, 0.3) is 0 Å². The third-order valence-electron chi connectivity index (χ3n) is 1.92. The van der Waals surface area contributed by atoms with Crippen LogP contribution in [0.3, 0.4) is 0 Å². The van der Waals surface area contributed by atoms with Gasteiger partial charge in [-0.1, -0.05) is 6.08 Å². The van der Waals surface area contributed by atoms with Crippen molar-refractivity contribution in [2.75, 3.05) is 19.7 Å². The van der Waals surface area contributed by atoms with Crippen molar-refractivity contribution in [3.63, 3.8) is 0 Å². The van der Waals surface area contributed by atoms with Gasteiger partial charge in [0, 0.05) is 13.1 Å². The fourth-order valence-electron chi connectivity index (χ4n) is 1.15. The molecule has 6 nitrogen and oxygen atoms in total. The third kappa shape index (κ3) is 3.47. The molecule has 0 amide bonds. The first kappa shape index (κ1) is 14.0. The molecule has 0 spiro atoms. The van der Waals surface area contributed by atoms with Gasteiger partial charge in [-0.15, -0.1) is 6.58 Å². The maximum absolute atomic E-state index is 12.1. The highest BCUT2D eigenvalue weighted by molar-refractivity contribution is 7.89. The second-order valence-electron chi connectivity index (χ2n) is 3.06. The molecule has 1 rings (SSSR count). The summed E-state index contributed by atoms with van der Waals surface area (Å²) in [5, 5.41) is 8.80. The van der Waals surface area contributed by atoms with Crippen molar-refractivity contribution in [1.82, 2.24) is 14.3 Å². The lowest BCUT2D eigenvalue weighted by Gasteiger charge is -2.18. The molecule has 1 N–H and O–H groups in total. The van der Waals surface area contributed by atoms with E-state index >= 15 is 0 Å². The number of aliphatic hydroxyl groups is 1. The quantitative estimate of drug-likeness (QED) is 0.597. The summed E-state index contributed by atoms with van der Waals surface area (Å²) < 4.78 is 25.2. The molecule has 0 aliphatic heterocycles. The van der Waals surface area contributed by atoms with E-state index in [0.29, 0.717) is 0 Å². The molecule has 0 aliphatic rings. The molecule has 0 fully saturated rings. The lowest BCUT2D eigenvalue weighted by molar-refractivity contribution is 0.260. The Labute approximate surface area is 105 Å². The van der Waals surface area contributed by atoms with Gasteiger partial charge in [-0.25, -0.2) is 18.4 Å². The fraction of sp³-hybridized carbons (Fsp3) is 0.333. The first-order valence-electron chi connectivity index (χ1n) is 4.72. The molecule has 0 aliphatic carbocycles. The summed E-state index contributed by atoms with van der Waals surface area (Å²) in [6, 6.07) is 0. The third-order valence-corrected chi connectivity index (χ3v) is 3.93. The topological polar surface area (TPSA) is 83.4 Å². The first-order valence-corrected chi connectivity index (χ1v) is 6.53. The van der Waals surface area contributed by atoms with Crippen molar-refractivity contribution in [2.45, 2.75) is 4.90 Å². The Morgan fingerprint density at radius 1 is 1.47 bits per heavy atom. The molecule has 1 heterocycles. The second-order valence-corrected chi connectivity index (χ2v) is 5.34. The Bertz CT molecular complexity index is 475. The van der Waals surface area contributed by atoms with Crippen LogP contribution in [0, 0.1) is 0 Å². The number of halogens is 1. The van der Waals surface area contributed by atoms with Crippen LogP contribution in [-0.4, -0.2) is 47.5 Å². The minimum Gasteiger partial charge on any atom is -0.395 e. The maximum atomic E-state index is 12.1. The van der Waals surface area contributed by atoms with Gasteiger partial charge in [0.05, 0.1) is 19.0 Å². The molecule has 0 bridgehead atoms. The average Bonchev–Trinajstić information content (AvgIpc) is 2.29. The molecule has 17 heavy (non-hydrogen) atoms. The average molecular weight is 278 g/mol. The zero-order valence-electron chi connectivity index (χ0n) is 8.95. The van der Waals surface area contributed by atoms with Gasteiger partial charge >= 0.3 is 0 Å². The molecular weight excluding hydrogens is 266 g/mol. The molecule has 0 saturated carbocycles. The number of aromatic nitrogens is 2. The minimum absolute atomic E-state index is 0.0169. The smallest absolute Gasteiger partial charge is 0.246 e. The molecule has 0 atom stereocenters. The van der Waals surface area contributed by atoms with Crippen molar-refractivity contribution in [3.05, 3.63) is 30.3 Å². The van der Waals surface area contributed by atoms with Gasteiger partial charge < -0.3 is 5.11 Å². The Morgan fingerprint density at radius 2 is 2.06 bits per heavy atom. The summed E-state index contributed by atoms with van der Waals surface area (Å²) >= 11 is 5.48.